The highest BCUT2D eigenvalue weighted by molar-refractivity contribution is 6.30. The number of benzene rings is 2. The minimum Gasteiger partial charge on any atom is -0.361 e. The average molecular weight is 453 g/mol. The maximum atomic E-state index is 12.8. The van der Waals surface area contributed by atoms with Crippen LogP contribution in [0.25, 0.3) is 0 Å². The molecule has 0 spiro atoms. The van der Waals surface area contributed by atoms with Gasteiger partial charge in [0.25, 0.3) is 5.91 Å². The quantitative estimate of drug-likeness (QED) is 0.723. The van der Waals surface area contributed by atoms with Crippen molar-refractivity contribution in [3.8, 4) is 0 Å². The molecule has 0 unspecified atom stereocenters. The first kappa shape index (κ1) is 22.4. The van der Waals surface area contributed by atoms with Crippen LogP contribution in [0, 0.1) is 0 Å². The lowest BCUT2D eigenvalue weighted by Crippen LogP contribution is -2.50. The minimum atomic E-state index is -0.0310. The number of carbonyl (C=O) groups excluding carboxylic acids is 2. The lowest BCUT2D eigenvalue weighted by molar-refractivity contribution is -0.127. The van der Waals surface area contributed by atoms with Crippen molar-refractivity contribution in [2.24, 2.45) is 0 Å². The summed E-state index contributed by atoms with van der Waals surface area (Å²) in [6.07, 6.45) is 0. The summed E-state index contributed by atoms with van der Waals surface area (Å²) in [6.45, 7) is 10.6. The van der Waals surface area contributed by atoms with Crippen LogP contribution in [0.3, 0.4) is 0 Å². The molecule has 2 aromatic carbocycles. The molecule has 2 heterocycles. The van der Waals surface area contributed by atoms with Gasteiger partial charge in [-0.25, -0.2) is 0 Å². The average Bonchev–Trinajstić information content (AvgIpc) is 2.84. The van der Waals surface area contributed by atoms with E-state index in [-0.39, 0.29) is 17.9 Å². The number of rotatable bonds is 4. The molecule has 1 N–H and O–H groups in total. The van der Waals surface area contributed by atoms with Crippen LogP contribution in [0.4, 0.5) is 5.69 Å². The highest BCUT2D eigenvalue weighted by Gasteiger charge is 2.31. The van der Waals surface area contributed by atoms with E-state index in [0.29, 0.717) is 35.8 Å². The number of carbonyl (C=O) groups is 2. The van der Waals surface area contributed by atoms with Crippen LogP contribution in [0.15, 0.2) is 60.7 Å². The standard InChI is InChI=1S/C25H29ClN4O2/c1-18(2)24(31)29-15-16-30(22-9-7-21(26)8-10-22)23(17-29)19-3-5-20(6-4-19)25(32)28-13-11-27-12-14-28/h3-10,23,27H,1,11-17H2,2H3/t23-/m0/s1. The summed E-state index contributed by atoms with van der Waals surface area (Å²) in [4.78, 5) is 31.5. The molecular formula is C25H29ClN4O2. The van der Waals surface area contributed by atoms with Gasteiger partial charge in [0.05, 0.1) is 6.04 Å². The fourth-order valence-corrected chi connectivity index (χ4v) is 4.49. The molecule has 2 aliphatic heterocycles. The monoisotopic (exact) mass is 452 g/mol. The number of hydrogen-bond acceptors (Lipinski definition) is 4. The molecule has 4 rings (SSSR count). The minimum absolute atomic E-state index is 0.0173. The molecule has 0 aromatic heterocycles. The third-order valence-corrected chi connectivity index (χ3v) is 6.39. The van der Waals surface area contributed by atoms with E-state index in [1.54, 1.807) is 6.92 Å². The number of halogens is 1. The Labute approximate surface area is 194 Å². The van der Waals surface area contributed by atoms with E-state index < -0.39 is 0 Å². The van der Waals surface area contributed by atoms with Crippen molar-refractivity contribution in [1.29, 1.82) is 0 Å². The lowest BCUT2D eigenvalue weighted by Gasteiger charge is -2.43. The molecule has 2 fully saturated rings. The summed E-state index contributed by atoms with van der Waals surface area (Å²) in [5.41, 5.74) is 3.36. The molecule has 2 aromatic rings. The van der Waals surface area contributed by atoms with Gasteiger partial charge in [-0.2, -0.15) is 0 Å². The smallest absolute Gasteiger partial charge is 0.253 e. The molecule has 2 aliphatic rings. The maximum absolute atomic E-state index is 12.8. The molecule has 168 valence electrons. The van der Waals surface area contributed by atoms with E-state index in [2.05, 4.69) is 16.8 Å². The molecule has 7 heteroatoms. The Morgan fingerprint density at radius 3 is 2.22 bits per heavy atom. The van der Waals surface area contributed by atoms with Crippen molar-refractivity contribution in [3.63, 3.8) is 0 Å². The molecule has 0 radical (unpaired) electrons. The molecular weight excluding hydrogens is 424 g/mol. The third kappa shape index (κ3) is 4.81. The fraction of sp³-hybridized carbons (Fsp3) is 0.360. The Balaban J connectivity index is 1.59. The Kier molecular flexibility index (Phi) is 6.82. The van der Waals surface area contributed by atoms with Crippen molar-refractivity contribution < 1.29 is 9.59 Å². The third-order valence-electron chi connectivity index (χ3n) is 6.14. The lowest BCUT2D eigenvalue weighted by atomic mass is 9.99. The van der Waals surface area contributed by atoms with Crippen LogP contribution in [0.1, 0.15) is 28.9 Å². The number of nitrogens with one attached hydrogen (secondary N) is 1. The summed E-state index contributed by atoms with van der Waals surface area (Å²) in [5, 5.41) is 3.96. The Morgan fingerprint density at radius 2 is 1.59 bits per heavy atom. The maximum Gasteiger partial charge on any atom is 0.253 e. The van der Waals surface area contributed by atoms with Crippen LogP contribution >= 0.6 is 11.6 Å². The SMILES string of the molecule is C=C(C)C(=O)N1CCN(c2ccc(Cl)cc2)[C@H](c2ccc(C(=O)N3CCNCC3)cc2)C1. The highest BCUT2D eigenvalue weighted by atomic mass is 35.5. The van der Waals surface area contributed by atoms with Gasteiger partial charge in [0.1, 0.15) is 0 Å². The molecule has 0 saturated carbocycles. The van der Waals surface area contributed by atoms with Gasteiger partial charge in [-0.1, -0.05) is 30.3 Å². The predicted molar refractivity (Wildman–Crippen MR) is 128 cm³/mol. The van der Waals surface area contributed by atoms with E-state index in [1.807, 2.05) is 58.3 Å². The van der Waals surface area contributed by atoms with Crippen LogP contribution in [-0.4, -0.2) is 67.4 Å². The summed E-state index contributed by atoms with van der Waals surface area (Å²) >= 11 is 6.09. The first-order valence-electron chi connectivity index (χ1n) is 11.0. The van der Waals surface area contributed by atoms with Crippen molar-refractivity contribution >= 4 is 29.1 Å². The second-order valence-corrected chi connectivity index (χ2v) is 8.82. The first-order chi connectivity index (χ1) is 15.4. The van der Waals surface area contributed by atoms with Gasteiger partial charge < -0.3 is 20.0 Å². The Morgan fingerprint density at radius 1 is 0.938 bits per heavy atom. The zero-order chi connectivity index (χ0) is 22.7. The molecule has 32 heavy (non-hydrogen) atoms. The summed E-state index contributed by atoms with van der Waals surface area (Å²) < 4.78 is 0. The fourth-order valence-electron chi connectivity index (χ4n) is 4.36. The number of nitrogens with zero attached hydrogens (tertiary/aromatic N) is 3. The second kappa shape index (κ2) is 9.76. The van der Waals surface area contributed by atoms with Crippen LogP contribution in [0.5, 0.6) is 0 Å². The second-order valence-electron chi connectivity index (χ2n) is 8.38. The van der Waals surface area contributed by atoms with Gasteiger partial charge in [-0.05, 0) is 48.9 Å². The predicted octanol–water partition coefficient (Wildman–Crippen LogP) is 3.35. The van der Waals surface area contributed by atoms with Crippen molar-refractivity contribution in [2.45, 2.75) is 13.0 Å². The Bertz CT molecular complexity index is 984. The van der Waals surface area contributed by atoms with Gasteiger partial charge >= 0.3 is 0 Å². The first-order valence-corrected chi connectivity index (χ1v) is 11.4. The van der Waals surface area contributed by atoms with Crippen molar-refractivity contribution in [3.05, 3.63) is 76.8 Å². The van der Waals surface area contributed by atoms with Gasteiger partial charge in [-0.3, -0.25) is 9.59 Å². The van der Waals surface area contributed by atoms with Crippen molar-refractivity contribution in [1.82, 2.24) is 15.1 Å². The molecule has 0 aliphatic carbocycles. The summed E-state index contributed by atoms with van der Waals surface area (Å²) in [6, 6.07) is 15.6. The van der Waals surface area contributed by atoms with E-state index in [9.17, 15) is 9.59 Å². The molecule has 6 nitrogen and oxygen atoms in total. The van der Waals surface area contributed by atoms with Gasteiger partial charge in [-0.15, -0.1) is 0 Å². The number of piperazine rings is 2. The molecule has 1 atom stereocenters. The van der Waals surface area contributed by atoms with Gasteiger partial charge in [0.15, 0.2) is 0 Å². The Hall–Kier alpha value is -2.83. The van der Waals surface area contributed by atoms with Crippen LogP contribution in [-0.2, 0) is 4.79 Å². The van der Waals surface area contributed by atoms with E-state index >= 15 is 0 Å². The summed E-state index contributed by atoms with van der Waals surface area (Å²) in [5.74, 6) is 0.0478. The number of amides is 2. The van der Waals surface area contributed by atoms with E-state index in [4.69, 9.17) is 11.6 Å². The van der Waals surface area contributed by atoms with E-state index in [0.717, 1.165) is 37.4 Å². The molecule has 0 bridgehead atoms. The normalized spacial score (nSPS) is 19.1. The number of anilines is 1. The zero-order valence-electron chi connectivity index (χ0n) is 18.4. The van der Waals surface area contributed by atoms with Gasteiger partial charge in [0, 0.05) is 67.7 Å². The topological polar surface area (TPSA) is 55.9 Å². The molecule has 2 amide bonds. The van der Waals surface area contributed by atoms with Gasteiger partial charge in [0.2, 0.25) is 5.91 Å². The summed E-state index contributed by atoms with van der Waals surface area (Å²) in [7, 11) is 0. The number of hydrogen-bond donors (Lipinski definition) is 1. The van der Waals surface area contributed by atoms with E-state index in [1.165, 1.54) is 0 Å². The van der Waals surface area contributed by atoms with Crippen molar-refractivity contribution in [2.75, 3.05) is 50.7 Å². The molecule has 2 saturated heterocycles. The highest BCUT2D eigenvalue weighted by Crippen LogP contribution is 2.32. The zero-order valence-corrected chi connectivity index (χ0v) is 19.1. The largest absolute Gasteiger partial charge is 0.361 e. The van der Waals surface area contributed by atoms with Crippen LogP contribution < -0.4 is 10.2 Å². The van der Waals surface area contributed by atoms with Crippen LogP contribution in [0.2, 0.25) is 5.02 Å².